The van der Waals surface area contributed by atoms with Crippen LogP contribution in [0.3, 0.4) is 0 Å². The minimum Gasteiger partial charge on any atom is -0.494 e. The number of nitrogens with zero attached hydrogens (tertiary/aromatic N) is 3. The maximum Gasteiger partial charge on any atom is 0.159 e. The Kier molecular flexibility index (Phi) is 4.67. The molecule has 0 aliphatic rings. The molecule has 170 valence electrons. The number of rotatable bonds is 9. The highest BCUT2D eigenvalue weighted by atomic mass is 19.1. The van der Waals surface area contributed by atoms with E-state index in [-0.39, 0.29) is 34.3 Å². The van der Waals surface area contributed by atoms with Crippen molar-refractivity contribution in [2.75, 3.05) is 32.5 Å². The molecule has 1 aromatic heterocycles. The Hall–Kier alpha value is -3.76. The molecular weight excluding hydrogens is 419 g/mol. The highest BCUT2D eigenvalue weighted by Gasteiger charge is 2.16. The molecule has 1 N–H and O–H groups in total. The fourth-order valence-corrected chi connectivity index (χ4v) is 2.82. The second-order valence-corrected chi connectivity index (χ2v) is 7.20. The zero-order chi connectivity index (χ0) is 31.8. The van der Waals surface area contributed by atoms with E-state index < -0.39 is 84.0 Å². The predicted molar refractivity (Wildman–Crippen MR) is 128 cm³/mol. The summed E-state index contributed by atoms with van der Waals surface area (Å²) < 4.78 is 94.1. The smallest absolute Gasteiger partial charge is 0.159 e. The number of carbonyl (C=O) groups is 1. The lowest BCUT2D eigenvalue weighted by Gasteiger charge is -2.15. The molecule has 0 atom stereocenters. The maximum absolute atomic E-state index is 14.4. The third-order valence-electron chi connectivity index (χ3n) is 4.36. The first-order valence-electron chi connectivity index (χ1n) is 14.3. The van der Waals surface area contributed by atoms with Crippen LogP contribution in [0.25, 0.3) is 10.9 Å². The van der Waals surface area contributed by atoms with Gasteiger partial charge in [0.1, 0.15) is 17.6 Å². The number of halogens is 1. The summed E-state index contributed by atoms with van der Waals surface area (Å²) in [6.45, 7) is 0.134. The lowest BCUT2D eigenvalue weighted by Crippen LogP contribution is -2.11. The van der Waals surface area contributed by atoms with E-state index >= 15 is 0 Å². The van der Waals surface area contributed by atoms with Crippen molar-refractivity contribution in [1.29, 1.82) is 5.26 Å². The quantitative estimate of drug-likeness (QED) is 0.461. The maximum atomic E-state index is 14.4. The summed E-state index contributed by atoms with van der Waals surface area (Å²) in [5, 5.41) is 12.2. The van der Waals surface area contributed by atoms with Gasteiger partial charge in [-0.1, -0.05) is 6.08 Å². The number of likely N-dealkylation sites (N-methyl/N-ethyl adjacent to an activating group) is 1. The predicted octanol–water partition coefficient (Wildman–Crippen LogP) is 4.93. The highest BCUT2D eigenvalue weighted by Crippen LogP contribution is 2.34. The highest BCUT2D eigenvalue weighted by molar-refractivity contribution is 5.98. The van der Waals surface area contributed by atoms with Gasteiger partial charge in [-0.3, -0.25) is 9.78 Å². The Labute approximate surface area is 206 Å². The van der Waals surface area contributed by atoms with Gasteiger partial charge >= 0.3 is 0 Å². The topological polar surface area (TPSA) is 78.2 Å². The number of fused-ring (bicyclic) bond motifs is 1. The molecule has 0 aliphatic carbocycles. The summed E-state index contributed by atoms with van der Waals surface area (Å²) in [5.41, 5.74) is -2.19. The molecule has 0 fully saturated rings. The van der Waals surface area contributed by atoms with Gasteiger partial charge < -0.3 is 15.0 Å². The van der Waals surface area contributed by atoms with Crippen LogP contribution in [0.15, 0.2) is 48.5 Å². The molecule has 33 heavy (non-hydrogen) atoms. The number of hydrogen-bond acceptors (Lipinski definition) is 6. The number of benzene rings is 2. The van der Waals surface area contributed by atoms with Crippen molar-refractivity contribution in [3.63, 3.8) is 0 Å². The molecule has 7 heteroatoms. The summed E-state index contributed by atoms with van der Waals surface area (Å²) in [6.07, 6.45) is 0.000367. The van der Waals surface area contributed by atoms with Crippen LogP contribution in [-0.4, -0.2) is 42.9 Å². The van der Waals surface area contributed by atoms with Gasteiger partial charge in [-0.15, -0.1) is 0 Å². The average molecular weight is 456 g/mol. The summed E-state index contributed by atoms with van der Waals surface area (Å²) >= 11 is 0. The Morgan fingerprint density at radius 1 is 1.42 bits per heavy atom. The minimum absolute atomic E-state index is 0.260. The van der Waals surface area contributed by atoms with Crippen LogP contribution in [0, 0.1) is 24.1 Å². The van der Waals surface area contributed by atoms with Crippen LogP contribution in [0.1, 0.15) is 36.0 Å². The number of anilines is 2. The van der Waals surface area contributed by atoms with E-state index in [0.29, 0.717) is 0 Å². The molecule has 0 saturated carbocycles. The number of nitrogens with one attached hydrogen (secondary N) is 1. The molecule has 6 nitrogen and oxygen atoms in total. The van der Waals surface area contributed by atoms with Gasteiger partial charge in [0.25, 0.3) is 0 Å². The van der Waals surface area contributed by atoms with E-state index in [4.69, 9.17) is 17.1 Å². The van der Waals surface area contributed by atoms with Gasteiger partial charge in [0.05, 0.1) is 35.7 Å². The first-order chi connectivity index (χ1) is 19.4. The first-order valence-corrected chi connectivity index (χ1v) is 9.84. The van der Waals surface area contributed by atoms with Gasteiger partial charge in [0.2, 0.25) is 0 Å². The molecular formula is C26H27FN4O2. The number of ether oxygens (including phenoxy) is 1. The van der Waals surface area contributed by atoms with Crippen molar-refractivity contribution in [3.8, 4) is 11.8 Å². The molecule has 3 aromatic rings. The van der Waals surface area contributed by atoms with E-state index in [0.717, 1.165) is 6.92 Å². The third kappa shape index (κ3) is 5.93. The van der Waals surface area contributed by atoms with Gasteiger partial charge in [0, 0.05) is 41.8 Å². The second-order valence-electron chi connectivity index (χ2n) is 7.20. The second kappa shape index (κ2) is 10.7. The lowest BCUT2D eigenvalue weighted by molar-refractivity contribution is -0.114. The largest absolute Gasteiger partial charge is 0.494 e. The lowest BCUT2D eigenvalue weighted by atomic mass is 10.0. The van der Waals surface area contributed by atoms with E-state index in [2.05, 4.69) is 10.3 Å². The van der Waals surface area contributed by atoms with Crippen molar-refractivity contribution >= 4 is 28.1 Å². The van der Waals surface area contributed by atoms with Crippen molar-refractivity contribution in [2.45, 2.75) is 20.3 Å². The zero-order valence-electron chi connectivity index (χ0n) is 27.5. The summed E-state index contributed by atoms with van der Waals surface area (Å²) in [5.74, 6) is -2.39. The fourth-order valence-electron chi connectivity index (χ4n) is 2.82. The molecule has 0 spiro atoms. The fraction of sp³-hybridized carbons (Fsp3) is 0.269. The molecule has 0 radical (unpaired) electrons. The monoisotopic (exact) mass is 455 g/mol. The Morgan fingerprint density at radius 3 is 2.91 bits per heavy atom. The van der Waals surface area contributed by atoms with E-state index in [1.165, 1.54) is 13.0 Å². The number of ketones is 1. The van der Waals surface area contributed by atoms with Crippen LogP contribution in [0.4, 0.5) is 15.8 Å². The Balaban J connectivity index is 2.44. The molecule has 0 amide bonds. The molecule has 2 aromatic carbocycles. The number of allylic oxidation sites excluding steroid dienone is 1. The van der Waals surface area contributed by atoms with Crippen molar-refractivity contribution in [2.24, 2.45) is 0 Å². The molecule has 1 heterocycles. The molecule has 3 rings (SSSR count). The third-order valence-corrected chi connectivity index (χ3v) is 4.36. The number of nitriles is 1. The van der Waals surface area contributed by atoms with Crippen molar-refractivity contribution < 1.29 is 26.3 Å². The van der Waals surface area contributed by atoms with Crippen LogP contribution in [0.5, 0.6) is 5.75 Å². The summed E-state index contributed by atoms with van der Waals surface area (Å²) in [6, 6.07) is -1.91. The minimum atomic E-state index is -2.38. The molecule has 0 unspecified atom stereocenters. The molecule has 0 saturated heterocycles. The standard InChI is InChI=1S/C26H27FN4O2/c1-5-33-25-14-24-22(13-18(25)12-21(32)7-6-10-31(3)4)26(19(15-28)16-29-24)30-20-8-9-23(27)17(2)11-20/h6-9,11,13-14,16H,5,10,12H2,1-4H3,(H,29,30)/b7-6+/i5D2,7D,8D,9D,11D,13D,14D,16D. The van der Waals surface area contributed by atoms with Crippen LogP contribution in [-0.2, 0) is 11.2 Å². The first kappa shape index (κ1) is 14.4. The number of pyridine rings is 1. The molecule has 0 bridgehead atoms. The van der Waals surface area contributed by atoms with Gasteiger partial charge in [-0.05, 0) is 63.7 Å². The Morgan fingerprint density at radius 2 is 2.21 bits per heavy atom. The van der Waals surface area contributed by atoms with E-state index in [1.807, 2.05) is 0 Å². The number of aromatic nitrogens is 1. The average Bonchev–Trinajstić information content (AvgIpc) is 2.91. The van der Waals surface area contributed by atoms with Crippen LogP contribution >= 0.6 is 0 Å². The molecule has 0 aliphatic heterocycles. The summed E-state index contributed by atoms with van der Waals surface area (Å²) in [7, 11) is 3.46. The van der Waals surface area contributed by atoms with Crippen molar-refractivity contribution in [1.82, 2.24) is 9.88 Å². The van der Waals surface area contributed by atoms with Gasteiger partial charge in [-0.2, -0.15) is 5.26 Å². The zero-order valence-corrected chi connectivity index (χ0v) is 18.5. The normalized spacial score (nSPS) is 15.8. The van der Waals surface area contributed by atoms with E-state index in [9.17, 15) is 14.4 Å². The number of hydrogen-bond donors (Lipinski definition) is 1. The van der Waals surface area contributed by atoms with Crippen LogP contribution in [0.2, 0.25) is 0 Å². The van der Waals surface area contributed by atoms with Crippen molar-refractivity contribution in [3.05, 3.63) is 71.0 Å². The SMILES string of the molecule is [2H]/C(=C\CN(C)C)C(=O)Cc1c(OC([2H])([2H])C)c([2H])c2nc([2H])c(C#N)c(Nc3c([2H])c([2H])c(F)c(C)c3[2H])c2c1[2H]. The van der Waals surface area contributed by atoms with Crippen LogP contribution < -0.4 is 10.1 Å². The van der Waals surface area contributed by atoms with Gasteiger partial charge in [-0.25, -0.2) is 4.39 Å². The van der Waals surface area contributed by atoms with Gasteiger partial charge in [0.15, 0.2) is 5.78 Å². The number of carbonyl (C=O) groups excluding carboxylic acids is 1. The summed E-state index contributed by atoms with van der Waals surface area (Å²) in [4.78, 5) is 18.7. The Bertz CT molecular complexity index is 1650. The van der Waals surface area contributed by atoms with E-state index in [1.54, 1.807) is 25.1 Å².